The molecule has 0 spiro atoms. The van der Waals surface area contributed by atoms with Gasteiger partial charge in [0.1, 0.15) is 5.75 Å². The van der Waals surface area contributed by atoms with E-state index >= 15 is 0 Å². The zero-order valence-electron chi connectivity index (χ0n) is 11.5. The van der Waals surface area contributed by atoms with E-state index in [2.05, 4.69) is 49.1 Å². The topological polar surface area (TPSA) is 21.3 Å². The minimum Gasteiger partial charge on any atom is -0.496 e. The number of hydrogen-bond donors (Lipinski definition) is 1. The predicted octanol–water partition coefficient (Wildman–Crippen LogP) is 3.41. The summed E-state index contributed by atoms with van der Waals surface area (Å²) in [7, 11) is 1.76. The van der Waals surface area contributed by atoms with Gasteiger partial charge in [-0.05, 0) is 43.4 Å². The number of thioether (sulfide) groups is 1. The van der Waals surface area contributed by atoms with E-state index in [0.29, 0.717) is 6.04 Å². The SMILES string of the molecule is CCNC(c1cc(C)ccc1OC)C1CCSC1. The lowest BCUT2D eigenvalue weighted by molar-refractivity contribution is 0.365. The maximum Gasteiger partial charge on any atom is 0.123 e. The van der Waals surface area contributed by atoms with Crippen LogP contribution < -0.4 is 10.1 Å². The van der Waals surface area contributed by atoms with Crippen LogP contribution in [0.3, 0.4) is 0 Å². The van der Waals surface area contributed by atoms with Gasteiger partial charge >= 0.3 is 0 Å². The second-order valence-corrected chi connectivity index (χ2v) is 6.05. The van der Waals surface area contributed by atoms with Gasteiger partial charge in [-0.3, -0.25) is 0 Å². The molecule has 2 unspecified atom stereocenters. The molecule has 1 aliphatic heterocycles. The van der Waals surface area contributed by atoms with Crippen molar-refractivity contribution < 1.29 is 4.74 Å². The van der Waals surface area contributed by atoms with Gasteiger partial charge in [-0.25, -0.2) is 0 Å². The van der Waals surface area contributed by atoms with Crippen LogP contribution in [0.25, 0.3) is 0 Å². The first-order chi connectivity index (χ1) is 8.76. The number of rotatable bonds is 5. The van der Waals surface area contributed by atoms with Crippen molar-refractivity contribution in [2.45, 2.75) is 26.3 Å². The number of benzene rings is 1. The van der Waals surface area contributed by atoms with E-state index in [0.717, 1.165) is 18.2 Å². The fraction of sp³-hybridized carbons (Fsp3) is 0.600. The molecule has 0 radical (unpaired) electrons. The van der Waals surface area contributed by atoms with Crippen molar-refractivity contribution in [1.82, 2.24) is 5.32 Å². The van der Waals surface area contributed by atoms with E-state index in [-0.39, 0.29) is 0 Å². The molecular formula is C15H23NOS. The lowest BCUT2D eigenvalue weighted by Crippen LogP contribution is -2.28. The third-order valence-corrected chi connectivity index (χ3v) is 4.77. The first kappa shape index (κ1) is 13.8. The van der Waals surface area contributed by atoms with Gasteiger partial charge in [0.2, 0.25) is 0 Å². The summed E-state index contributed by atoms with van der Waals surface area (Å²) in [6.45, 7) is 5.33. The van der Waals surface area contributed by atoms with Gasteiger partial charge in [-0.2, -0.15) is 11.8 Å². The molecule has 2 atom stereocenters. The predicted molar refractivity (Wildman–Crippen MR) is 79.6 cm³/mol. The number of aryl methyl sites for hydroxylation is 1. The molecule has 1 aliphatic rings. The molecule has 1 heterocycles. The van der Waals surface area contributed by atoms with Gasteiger partial charge in [0.15, 0.2) is 0 Å². The molecule has 0 aromatic heterocycles. The third kappa shape index (κ3) is 3.01. The molecule has 2 nitrogen and oxygen atoms in total. The lowest BCUT2D eigenvalue weighted by atomic mass is 9.91. The van der Waals surface area contributed by atoms with Crippen LogP contribution in [-0.4, -0.2) is 25.2 Å². The van der Waals surface area contributed by atoms with Crippen molar-refractivity contribution in [3.8, 4) is 5.75 Å². The van der Waals surface area contributed by atoms with E-state index in [1.165, 1.54) is 29.1 Å². The van der Waals surface area contributed by atoms with Gasteiger partial charge in [0.25, 0.3) is 0 Å². The van der Waals surface area contributed by atoms with Crippen LogP contribution in [-0.2, 0) is 0 Å². The first-order valence-electron chi connectivity index (χ1n) is 6.72. The smallest absolute Gasteiger partial charge is 0.123 e. The Kier molecular flexibility index (Phi) is 4.95. The van der Waals surface area contributed by atoms with E-state index in [9.17, 15) is 0 Å². The Balaban J connectivity index is 2.31. The normalized spacial score (nSPS) is 20.9. The average molecular weight is 265 g/mol. The fourth-order valence-corrected chi connectivity index (χ4v) is 3.96. The highest BCUT2D eigenvalue weighted by Crippen LogP contribution is 2.38. The molecule has 1 N–H and O–H groups in total. The minimum atomic E-state index is 0.430. The van der Waals surface area contributed by atoms with E-state index in [4.69, 9.17) is 4.74 Å². The monoisotopic (exact) mass is 265 g/mol. The molecule has 1 aromatic rings. The highest BCUT2D eigenvalue weighted by atomic mass is 32.2. The Bertz CT molecular complexity index is 388. The van der Waals surface area contributed by atoms with Gasteiger partial charge in [0.05, 0.1) is 7.11 Å². The summed E-state index contributed by atoms with van der Waals surface area (Å²) in [5.41, 5.74) is 2.63. The second kappa shape index (κ2) is 6.48. The van der Waals surface area contributed by atoms with Gasteiger partial charge in [-0.1, -0.05) is 24.6 Å². The zero-order valence-corrected chi connectivity index (χ0v) is 12.3. The van der Waals surface area contributed by atoms with Crippen LogP contribution in [0.2, 0.25) is 0 Å². The summed E-state index contributed by atoms with van der Waals surface area (Å²) in [6.07, 6.45) is 1.30. The molecule has 0 bridgehead atoms. The van der Waals surface area contributed by atoms with Gasteiger partial charge < -0.3 is 10.1 Å². The number of methoxy groups -OCH3 is 1. The Morgan fingerprint density at radius 1 is 1.50 bits per heavy atom. The quantitative estimate of drug-likeness (QED) is 0.881. The molecule has 1 saturated heterocycles. The van der Waals surface area contributed by atoms with Crippen molar-refractivity contribution in [2.24, 2.45) is 5.92 Å². The molecule has 100 valence electrons. The average Bonchev–Trinajstić information content (AvgIpc) is 2.89. The van der Waals surface area contributed by atoms with Crippen LogP contribution in [0.4, 0.5) is 0 Å². The summed E-state index contributed by atoms with van der Waals surface area (Å²) in [5, 5.41) is 3.65. The summed E-state index contributed by atoms with van der Waals surface area (Å²) < 4.78 is 5.54. The maximum absolute atomic E-state index is 5.54. The van der Waals surface area contributed by atoms with Crippen molar-refractivity contribution in [3.05, 3.63) is 29.3 Å². The summed E-state index contributed by atoms with van der Waals surface area (Å²) in [6, 6.07) is 6.92. The molecule has 0 aliphatic carbocycles. The molecule has 0 amide bonds. The Morgan fingerprint density at radius 2 is 2.33 bits per heavy atom. The molecule has 1 fully saturated rings. The molecule has 3 heteroatoms. The Hall–Kier alpha value is -0.670. The number of hydrogen-bond acceptors (Lipinski definition) is 3. The van der Waals surface area contributed by atoms with Crippen LogP contribution in [0.1, 0.15) is 30.5 Å². The molecule has 2 rings (SSSR count). The Morgan fingerprint density at radius 3 is 2.94 bits per heavy atom. The number of ether oxygens (including phenoxy) is 1. The van der Waals surface area contributed by atoms with Crippen molar-refractivity contribution in [2.75, 3.05) is 25.2 Å². The maximum atomic E-state index is 5.54. The third-order valence-electron chi connectivity index (χ3n) is 3.58. The van der Waals surface area contributed by atoms with Crippen LogP contribution in [0, 0.1) is 12.8 Å². The molecule has 18 heavy (non-hydrogen) atoms. The summed E-state index contributed by atoms with van der Waals surface area (Å²) >= 11 is 2.07. The van der Waals surface area contributed by atoms with Crippen molar-refractivity contribution in [3.63, 3.8) is 0 Å². The summed E-state index contributed by atoms with van der Waals surface area (Å²) in [5.74, 6) is 4.30. The van der Waals surface area contributed by atoms with Crippen molar-refractivity contribution in [1.29, 1.82) is 0 Å². The molecule has 0 saturated carbocycles. The van der Waals surface area contributed by atoms with E-state index in [1.54, 1.807) is 7.11 Å². The second-order valence-electron chi connectivity index (χ2n) is 4.90. The highest BCUT2D eigenvalue weighted by Gasteiger charge is 2.28. The zero-order chi connectivity index (χ0) is 13.0. The van der Waals surface area contributed by atoms with E-state index < -0.39 is 0 Å². The Labute approximate surface area is 114 Å². The van der Waals surface area contributed by atoms with Gasteiger partial charge in [-0.15, -0.1) is 0 Å². The van der Waals surface area contributed by atoms with Crippen LogP contribution >= 0.6 is 11.8 Å². The molecular weight excluding hydrogens is 242 g/mol. The van der Waals surface area contributed by atoms with Crippen LogP contribution in [0.15, 0.2) is 18.2 Å². The molecule has 1 aromatic carbocycles. The minimum absolute atomic E-state index is 0.430. The fourth-order valence-electron chi connectivity index (χ4n) is 2.66. The largest absolute Gasteiger partial charge is 0.496 e. The van der Waals surface area contributed by atoms with E-state index in [1.807, 2.05) is 0 Å². The van der Waals surface area contributed by atoms with Gasteiger partial charge in [0, 0.05) is 11.6 Å². The highest BCUT2D eigenvalue weighted by molar-refractivity contribution is 7.99. The van der Waals surface area contributed by atoms with Crippen LogP contribution in [0.5, 0.6) is 5.75 Å². The first-order valence-corrected chi connectivity index (χ1v) is 7.87. The standard InChI is InChI=1S/C15H23NOS/c1-4-16-15(12-7-8-18-10-12)13-9-11(2)5-6-14(13)17-3/h5-6,9,12,15-16H,4,7-8,10H2,1-3H3. The van der Waals surface area contributed by atoms with Crippen molar-refractivity contribution >= 4 is 11.8 Å². The lowest BCUT2D eigenvalue weighted by Gasteiger charge is -2.26. The number of nitrogens with one attached hydrogen (secondary N) is 1. The summed E-state index contributed by atoms with van der Waals surface area (Å²) in [4.78, 5) is 0.